The highest BCUT2D eigenvalue weighted by Crippen LogP contribution is 2.24. The van der Waals surface area contributed by atoms with Crippen LogP contribution in [0.3, 0.4) is 0 Å². The zero-order valence-corrected chi connectivity index (χ0v) is 15.3. The van der Waals surface area contributed by atoms with Crippen molar-refractivity contribution in [3.8, 4) is 5.75 Å². The zero-order valence-electron chi connectivity index (χ0n) is 15.3. The summed E-state index contributed by atoms with van der Waals surface area (Å²) in [6, 6.07) is 4.33. The summed E-state index contributed by atoms with van der Waals surface area (Å²) in [4.78, 5) is 36.4. The summed E-state index contributed by atoms with van der Waals surface area (Å²) in [5.41, 5.74) is 6.41. The van der Waals surface area contributed by atoms with Crippen LogP contribution in [0.25, 0.3) is 0 Å². The van der Waals surface area contributed by atoms with Crippen molar-refractivity contribution in [2.75, 3.05) is 19.0 Å². The fraction of sp³-hybridized carbons (Fsp3) is 0.500. The Hall–Kier alpha value is -2.61. The third-order valence-corrected chi connectivity index (χ3v) is 4.10. The van der Waals surface area contributed by atoms with Gasteiger partial charge in [0, 0.05) is 6.04 Å². The minimum absolute atomic E-state index is 0.0302. The molecule has 1 fully saturated rings. The maximum absolute atomic E-state index is 12.4. The van der Waals surface area contributed by atoms with Gasteiger partial charge in [0.2, 0.25) is 11.8 Å². The number of hydrogen-bond acceptors (Lipinski definition) is 5. The number of methoxy groups -OCH3 is 1. The van der Waals surface area contributed by atoms with Gasteiger partial charge in [-0.15, -0.1) is 0 Å². The van der Waals surface area contributed by atoms with E-state index in [2.05, 4.69) is 16.0 Å². The molecule has 0 heterocycles. The second-order valence-corrected chi connectivity index (χ2v) is 6.70. The summed E-state index contributed by atoms with van der Waals surface area (Å²) >= 11 is 0. The van der Waals surface area contributed by atoms with E-state index in [0.29, 0.717) is 17.0 Å². The molecule has 0 spiro atoms. The first kappa shape index (κ1) is 19.7. The minimum atomic E-state index is -0.677. The topological polar surface area (TPSA) is 123 Å². The normalized spacial score (nSPS) is 14.5. The van der Waals surface area contributed by atoms with Crippen molar-refractivity contribution >= 4 is 23.4 Å². The molecule has 1 aromatic rings. The number of nitrogens with two attached hydrogens (primary N) is 1. The average Bonchev–Trinajstić information content (AvgIpc) is 3.43. The molecule has 0 radical (unpaired) electrons. The van der Waals surface area contributed by atoms with Gasteiger partial charge in [-0.25, -0.2) is 0 Å². The smallest absolute Gasteiger partial charge is 0.253 e. The van der Waals surface area contributed by atoms with Crippen LogP contribution in [-0.2, 0) is 9.59 Å². The highest BCUT2D eigenvalue weighted by Gasteiger charge is 2.25. The number of rotatable bonds is 8. The summed E-state index contributed by atoms with van der Waals surface area (Å²) in [5, 5.41) is 8.03. The fourth-order valence-corrected chi connectivity index (χ4v) is 2.22. The van der Waals surface area contributed by atoms with Crippen LogP contribution in [0.2, 0.25) is 0 Å². The van der Waals surface area contributed by atoms with Gasteiger partial charge in [0.05, 0.1) is 30.9 Å². The van der Waals surface area contributed by atoms with Gasteiger partial charge in [-0.3, -0.25) is 14.4 Å². The van der Waals surface area contributed by atoms with E-state index in [4.69, 9.17) is 10.5 Å². The summed E-state index contributed by atoms with van der Waals surface area (Å²) in [6.45, 7) is 3.42. The number of carbonyl (C=O) groups excluding carboxylic acids is 3. The van der Waals surface area contributed by atoms with Crippen LogP contribution in [0, 0.1) is 5.92 Å². The van der Waals surface area contributed by atoms with Crippen LogP contribution >= 0.6 is 0 Å². The lowest BCUT2D eigenvalue weighted by Gasteiger charge is -2.16. The lowest BCUT2D eigenvalue weighted by atomic mass is 10.1. The maximum Gasteiger partial charge on any atom is 0.253 e. The predicted molar refractivity (Wildman–Crippen MR) is 97.9 cm³/mol. The molecular formula is C18H26N4O4. The van der Waals surface area contributed by atoms with Gasteiger partial charge in [0.15, 0.2) is 0 Å². The Morgan fingerprint density at radius 2 is 1.96 bits per heavy atom. The third-order valence-electron chi connectivity index (χ3n) is 4.10. The maximum atomic E-state index is 12.4. The SMILES string of the molecule is COc1ccc(NC(=O)CNC(=O)[C@@H](N)C(C)C)c(C(=O)NC2CC2)c1. The molecule has 142 valence electrons. The molecule has 1 aliphatic rings. The first-order valence-corrected chi connectivity index (χ1v) is 8.64. The van der Waals surface area contributed by atoms with E-state index in [1.165, 1.54) is 7.11 Å². The lowest BCUT2D eigenvalue weighted by molar-refractivity contribution is -0.125. The van der Waals surface area contributed by atoms with Gasteiger partial charge >= 0.3 is 0 Å². The van der Waals surface area contributed by atoms with Crippen molar-refractivity contribution in [1.82, 2.24) is 10.6 Å². The number of carbonyl (C=O) groups is 3. The van der Waals surface area contributed by atoms with E-state index >= 15 is 0 Å². The summed E-state index contributed by atoms with van der Waals surface area (Å²) in [5.74, 6) is -0.624. The van der Waals surface area contributed by atoms with Crippen LogP contribution in [-0.4, -0.2) is 43.5 Å². The van der Waals surface area contributed by atoms with E-state index in [9.17, 15) is 14.4 Å². The largest absolute Gasteiger partial charge is 0.497 e. The van der Waals surface area contributed by atoms with Gasteiger partial charge in [-0.2, -0.15) is 0 Å². The van der Waals surface area contributed by atoms with Gasteiger partial charge in [0.1, 0.15) is 5.75 Å². The van der Waals surface area contributed by atoms with Crippen LogP contribution in [0.15, 0.2) is 18.2 Å². The molecule has 1 atom stereocenters. The van der Waals surface area contributed by atoms with Crippen molar-refractivity contribution in [2.24, 2.45) is 11.7 Å². The number of anilines is 1. The van der Waals surface area contributed by atoms with E-state index in [-0.39, 0.29) is 24.4 Å². The van der Waals surface area contributed by atoms with Gasteiger partial charge in [-0.05, 0) is 37.0 Å². The van der Waals surface area contributed by atoms with Crippen molar-refractivity contribution in [3.05, 3.63) is 23.8 Å². The Kier molecular flexibility index (Phi) is 6.57. The Morgan fingerprint density at radius 1 is 1.27 bits per heavy atom. The molecule has 0 unspecified atom stereocenters. The third kappa shape index (κ3) is 5.45. The standard InChI is InChI=1S/C18H26N4O4/c1-10(2)16(19)18(25)20-9-15(23)22-14-7-6-12(26-3)8-13(14)17(24)21-11-4-5-11/h6-8,10-11,16H,4-5,9,19H2,1-3H3,(H,20,25)(H,21,24)(H,22,23)/t16-/m0/s1. The lowest BCUT2D eigenvalue weighted by Crippen LogP contribution is -2.46. The number of amides is 3. The van der Waals surface area contributed by atoms with E-state index in [1.54, 1.807) is 18.2 Å². The first-order chi connectivity index (χ1) is 12.3. The van der Waals surface area contributed by atoms with E-state index in [0.717, 1.165) is 12.8 Å². The summed E-state index contributed by atoms with van der Waals surface area (Å²) in [7, 11) is 1.50. The molecule has 3 amide bonds. The quantitative estimate of drug-likeness (QED) is 0.540. The number of hydrogen-bond donors (Lipinski definition) is 4. The van der Waals surface area contributed by atoms with Crippen LogP contribution in [0.1, 0.15) is 37.0 Å². The molecular weight excluding hydrogens is 336 g/mol. The summed E-state index contributed by atoms with van der Waals surface area (Å²) in [6.07, 6.45) is 1.92. The average molecular weight is 362 g/mol. The minimum Gasteiger partial charge on any atom is -0.497 e. The number of ether oxygens (including phenoxy) is 1. The molecule has 1 saturated carbocycles. The Bertz CT molecular complexity index is 686. The molecule has 1 aromatic carbocycles. The summed E-state index contributed by atoms with van der Waals surface area (Å²) < 4.78 is 5.15. The van der Waals surface area contributed by atoms with Crippen LogP contribution < -0.4 is 26.4 Å². The molecule has 8 nitrogen and oxygen atoms in total. The highest BCUT2D eigenvalue weighted by atomic mass is 16.5. The molecule has 8 heteroatoms. The number of nitrogens with one attached hydrogen (secondary N) is 3. The molecule has 0 saturated heterocycles. The first-order valence-electron chi connectivity index (χ1n) is 8.64. The molecule has 0 aromatic heterocycles. The Morgan fingerprint density at radius 3 is 2.54 bits per heavy atom. The molecule has 5 N–H and O–H groups in total. The van der Waals surface area contributed by atoms with Crippen LogP contribution in [0.4, 0.5) is 5.69 Å². The molecule has 2 rings (SSSR count). The van der Waals surface area contributed by atoms with Crippen LogP contribution in [0.5, 0.6) is 5.75 Å². The second kappa shape index (κ2) is 8.66. The zero-order chi connectivity index (χ0) is 19.3. The van der Waals surface area contributed by atoms with Crippen molar-refractivity contribution in [1.29, 1.82) is 0 Å². The van der Waals surface area contributed by atoms with Crippen molar-refractivity contribution in [3.63, 3.8) is 0 Å². The molecule has 0 bridgehead atoms. The predicted octanol–water partition coefficient (Wildman–Crippen LogP) is 0.625. The van der Waals surface area contributed by atoms with Crippen molar-refractivity contribution < 1.29 is 19.1 Å². The molecule has 1 aliphatic carbocycles. The van der Waals surface area contributed by atoms with E-state index in [1.807, 2.05) is 13.8 Å². The number of benzene rings is 1. The monoisotopic (exact) mass is 362 g/mol. The highest BCUT2D eigenvalue weighted by molar-refractivity contribution is 6.05. The Balaban J connectivity index is 2.01. The second-order valence-electron chi connectivity index (χ2n) is 6.70. The van der Waals surface area contributed by atoms with Gasteiger partial charge in [-0.1, -0.05) is 13.8 Å². The van der Waals surface area contributed by atoms with E-state index < -0.39 is 17.9 Å². The molecule has 0 aliphatic heterocycles. The fourth-order valence-electron chi connectivity index (χ4n) is 2.22. The molecule has 26 heavy (non-hydrogen) atoms. The van der Waals surface area contributed by atoms with Crippen molar-refractivity contribution in [2.45, 2.75) is 38.8 Å². The van der Waals surface area contributed by atoms with Gasteiger partial charge < -0.3 is 26.4 Å². The van der Waals surface area contributed by atoms with Gasteiger partial charge in [0.25, 0.3) is 5.91 Å². The Labute approximate surface area is 152 Å².